The number of benzene rings is 2. The van der Waals surface area contributed by atoms with Crippen LogP contribution in [-0.4, -0.2) is 75.3 Å². The molecule has 0 saturated carbocycles. The van der Waals surface area contributed by atoms with Crippen LogP contribution in [0.5, 0.6) is 0 Å². The monoisotopic (exact) mass is 427 g/mol. The second-order valence-corrected chi connectivity index (χ2v) is 7.33. The van der Waals surface area contributed by atoms with Gasteiger partial charge in [-0.1, -0.05) is 18.2 Å². The van der Waals surface area contributed by atoms with Crippen molar-refractivity contribution in [2.24, 2.45) is 0 Å². The SMILES string of the molecule is COCCNc1ccc(C(=O)NCCN2CCN(c3ccccc3)CC2)cc1[N+](=O)[O-]. The van der Waals surface area contributed by atoms with E-state index in [0.717, 1.165) is 32.7 Å². The quantitative estimate of drug-likeness (QED) is 0.341. The maximum atomic E-state index is 12.5. The van der Waals surface area contributed by atoms with Crippen molar-refractivity contribution in [1.29, 1.82) is 0 Å². The van der Waals surface area contributed by atoms with Crippen LogP contribution in [0, 0.1) is 10.1 Å². The van der Waals surface area contributed by atoms with Gasteiger partial charge in [-0.3, -0.25) is 19.8 Å². The Balaban J connectivity index is 1.46. The molecule has 2 N–H and O–H groups in total. The van der Waals surface area contributed by atoms with E-state index in [1.807, 2.05) is 18.2 Å². The number of anilines is 2. The van der Waals surface area contributed by atoms with Gasteiger partial charge in [-0.05, 0) is 24.3 Å². The van der Waals surface area contributed by atoms with Crippen molar-refractivity contribution in [1.82, 2.24) is 10.2 Å². The van der Waals surface area contributed by atoms with Crippen LogP contribution in [0.4, 0.5) is 17.1 Å². The minimum atomic E-state index is -0.488. The highest BCUT2D eigenvalue weighted by Gasteiger charge is 2.19. The van der Waals surface area contributed by atoms with Gasteiger partial charge in [0.15, 0.2) is 0 Å². The van der Waals surface area contributed by atoms with Crippen LogP contribution in [0.15, 0.2) is 48.5 Å². The summed E-state index contributed by atoms with van der Waals surface area (Å²) in [7, 11) is 1.56. The lowest BCUT2D eigenvalue weighted by Gasteiger charge is -2.36. The lowest BCUT2D eigenvalue weighted by atomic mass is 10.1. The molecule has 0 bridgehead atoms. The van der Waals surface area contributed by atoms with Crippen LogP contribution in [-0.2, 0) is 4.74 Å². The molecule has 0 aromatic heterocycles. The molecule has 1 heterocycles. The van der Waals surface area contributed by atoms with Crippen LogP contribution >= 0.6 is 0 Å². The first-order chi connectivity index (χ1) is 15.1. The number of para-hydroxylation sites is 1. The third kappa shape index (κ3) is 6.40. The van der Waals surface area contributed by atoms with E-state index < -0.39 is 4.92 Å². The average Bonchev–Trinajstić information content (AvgIpc) is 2.80. The average molecular weight is 428 g/mol. The van der Waals surface area contributed by atoms with Crippen molar-refractivity contribution < 1.29 is 14.5 Å². The van der Waals surface area contributed by atoms with E-state index in [4.69, 9.17) is 4.74 Å². The summed E-state index contributed by atoms with van der Waals surface area (Å²) >= 11 is 0. The Morgan fingerprint density at radius 3 is 2.52 bits per heavy atom. The lowest BCUT2D eigenvalue weighted by molar-refractivity contribution is -0.384. The molecule has 0 atom stereocenters. The van der Waals surface area contributed by atoms with Gasteiger partial charge in [0, 0.05) is 70.2 Å². The van der Waals surface area contributed by atoms with Gasteiger partial charge in [0.1, 0.15) is 5.69 Å². The van der Waals surface area contributed by atoms with Gasteiger partial charge in [-0.25, -0.2) is 0 Å². The van der Waals surface area contributed by atoms with Crippen LogP contribution < -0.4 is 15.5 Å². The third-order valence-corrected chi connectivity index (χ3v) is 5.29. The van der Waals surface area contributed by atoms with Crippen LogP contribution in [0.2, 0.25) is 0 Å². The number of carbonyl (C=O) groups is 1. The first kappa shape index (κ1) is 22.5. The fourth-order valence-corrected chi connectivity index (χ4v) is 3.56. The molecule has 9 nitrogen and oxygen atoms in total. The Hall–Kier alpha value is -3.17. The van der Waals surface area contributed by atoms with Gasteiger partial charge in [0.2, 0.25) is 0 Å². The van der Waals surface area contributed by atoms with E-state index in [9.17, 15) is 14.9 Å². The minimum Gasteiger partial charge on any atom is -0.383 e. The van der Waals surface area contributed by atoms with Crippen LogP contribution in [0.3, 0.4) is 0 Å². The molecule has 1 aliphatic heterocycles. The largest absolute Gasteiger partial charge is 0.383 e. The number of methoxy groups -OCH3 is 1. The fraction of sp³-hybridized carbons (Fsp3) is 0.409. The van der Waals surface area contributed by atoms with E-state index >= 15 is 0 Å². The number of nitro groups is 1. The molecular weight excluding hydrogens is 398 g/mol. The number of amides is 1. The molecule has 1 amide bonds. The molecule has 9 heteroatoms. The second-order valence-electron chi connectivity index (χ2n) is 7.33. The van der Waals surface area contributed by atoms with Crippen molar-refractivity contribution in [2.45, 2.75) is 0 Å². The normalized spacial score (nSPS) is 14.3. The Morgan fingerprint density at radius 2 is 1.84 bits per heavy atom. The van der Waals surface area contributed by atoms with Crippen LogP contribution in [0.1, 0.15) is 10.4 Å². The zero-order valence-corrected chi connectivity index (χ0v) is 17.8. The van der Waals surface area contributed by atoms with Gasteiger partial charge in [-0.2, -0.15) is 0 Å². The number of nitrogens with one attached hydrogen (secondary N) is 2. The Labute approximate surface area is 182 Å². The number of rotatable bonds is 10. The lowest BCUT2D eigenvalue weighted by Crippen LogP contribution is -2.48. The van der Waals surface area contributed by atoms with Crippen LogP contribution in [0.25, 0.3) is 0 Å². The molecule has 2 aromatic carbocycles. The first-order valence-electron chi connectivity index (χ1n) is 10.4. The zero-order chi connectivity index (χ0) is 22.1. The van der Waals surface area contributed by atoms with Gasteiger partial charge in [-0.15, -0.1) is 0 Å². The fourth-order valence-electron chi connectivity index (χ4n) is 3.56. The zero-order valence-electron chi connectivity index (χ0n) is 17.8. The molecule has 1 aliphatic rings. The Morgan fingerprint density at radius 1 is 1.10 bits per heavy atom. The molecule has 31 heavy (non-hydrogen) atoms. The predicted molar refractivity (Wildman–Crippen MR) is 121 cm³/mol. The maximum Gasteiger partial charge on any atom is 0.293 e. The number of hydrogen-bond acceptors (Lipinski definition) is 7. The third-order valence-electron chi connectivity index (χ3n) is 5.29. The van der Waals surface area contributed by atoms with E-state index in [0.29, 0.717) is 25.4 Å². The molecule has 1 saturated heterocycles. The topological polar surface area (TPSA) is 100.0 Å². The summed E-state index contributed by atoms with van der Waals surface area (Å²) < 4.78 is 4.95. The first-order valence-corrected chi connectivity index (χ1v) is 10.4. The molecule has 0 spiro atoms. The molecule has 1 fully saturated rings. The van der Waals surface area contributed by atoms with E-state index in [2.05, 4.69) is 32.6 Å². The molecule has 0 unspecified atom stereocenters. The van der Waals surface area contributed by atoms with Crippen molar-refractivity contribution in [3.05, 3.63) is 64.2 Å². The van der Waals surface area contributed by atoms with Gasteiger partial charge < -0.3 is 20.3 Å². The molecule has 3 rings (SSSR count). The number of hydrogen-bond donors (Lipinski definition) is 2. The number of nitro benzene ring substituents is 1. The summed E-state index contributed by atoms with van der Waals surface area (Å²) in [5.74, 6) is -0.311. The van der Waals surface area contributed by atoms with Crippen molar-refractivity contribution in [3.8, 4) is 0 Å². The summed E-state index contributed by atoms with van der Waals surface area (Å²) in [6.45, 7) is 5.86. The van der Waals surface area contributed by atoms with Gasteiger partial charge in [0.25, 0.3) is 11.6 Å². The van der Waals surface area contributed by atoms with E-state index in [1.165, 1.54) is 11.8 Å². The van der Waals surface area contributed by atoms with Crippen molar-refractivity contribution >= 4 is 23.0 Å². The maximum absolute atomic E-state index is 12.5. The van der Waals surface area contributed by atoms with E-state index in [-0.39, 0.29) is 17.2 Å². The molecule has 166 valence electrons. The number of carbonyl (C=O) groups excluding carboxylic acids is 1. The highest BCUT2D eigenvalue weighted by molar-refractivity contribution is 5.95. The number of piperazine rings is 1. The highest BCUT2D eigenvalue weighted by Crippen LogP contribution is 2.25. The second kappa shape index (κ2) is 11.3. The summed E-state index contributed by atoms with van der Waals surface area (Å²) in [4.78, 5) is 28.0. The minimum absolute atomic E-state index is 0.124. The Bertz CT molecular complexity index is 869. The smallest absolute Gasteiger partial charge is 0.293 e. The van der Waals surface area contributed by atoms with Crippen molar-refractivity contribution in [2.75, 3.05) is 69.7 Å². The summed E-state index contributed by atoms with van der Waals surface area (Å²) in [5.41, 5.74) is 1.76. The van der Waals surface area contributed by atoms with Crippen molar-refractivity contribution in [3.63, 3.8) is 0 Å². The van der Waals surface area contributed by atoms with E-state index in [1.54, 1.807) is 19.2 Å². The standard InChI is InChI=1S/C22H29N5O4/c1-31-16-10-23-20-8-7-18(17-21(20)27(29)30)22(28)24-9-11-25-12-14-26(15-13-25)19-5-3-2-4-6-19/h2-8,17,23H,9-16H2,1H3,(H,24,28). The summed E-state index contributed by atoms with van der Waals surface area (Å²) in [6.07, 6.45) is 0. The Kier molecular flexibility index (Phi) is 8.19. The molecule has 0 aliphatic carbocycles. The highest BCUT2D eigenvalue weighted by atomic mass is 16.6. The molecule has 2 aromatic rings. The number of nitrogens with zero attached hydrogens (tertiary/aromatic N) is 3. The van der Waals surface area contributed by atoms with Gasteiger partial charge >= 0.3 is 0 Å². The predicted octanol–water partition coefficient (Wildman–Crippen LogP) is 2.21. The molecule has 0 radical (unpaired) electrons. The summed E-state index contributed by atoms with van der Waals surface area (Å²) in [6, 6.07) is 14.8. The van der Waals surface area contributed by atoms with Gasteiger partial charge in [0.05, 0.1) is 11.5 Å². The summed E-state index contributed by atoms with van der Waals surface area (Å²) in [5, 5.41) is 17.2. The number of ether oxygens (including phenoxy) is 1. The molecular formula is C22H29N5O4.